The molecule has 5 heteroatoms. The Morgan fingerprint density at radius 2 is 2.12 bits per heavy atom. The SMILES string of the molecule is CCCN(CC)c1cccc([N+](=O)[O-])c1OC. The Bertz CT molecular complexity index is 393. The molecule has 0 N–H and O–H groups in total. The van der Waals surface area contributed by atoms with Crippen molar-refractivity contribution in [2.45, 2.75) is 20.3 Å². The lowest BCUT2D eigenvalue weighted by Crippen LogP contribution is -2.24. The molecule has 0 bridgehead atoms. The van der Waals surface area contributed by atoms with E-state index in [1.807, 2.05) is 13.0 Å². The van der Waals surface area contributed by atoms with Crippen LogP contribution in [-0.2, 0) is 0 Å². The van der Waals surface area contributed by atoms with Crippen molar-refractivity contribution in [3.05, 3.63) is 28.3 Å². The number of nitro groups is 1. The summed E-state index contributed by atoms with van der Waals surface area (Å²) in [6, 6.07) is 5.00. The third kappa shape index (κ3) is 2.87. The minimum atomic E-state index is -0.415. The number of hydrogen-bond acceptors (Lipinski definition) is 4. The van der Waals surface area contributed by atoms with E-state index in [1.54, 1.807) is 6.07 Å². The summed E-state index contributed by atoms with van der Waals surface area (Å²) in [4.78, 5) is 12.6. The number of benzene rings is 1. The van der Waals surface area contributed by atoms with Crippen molar-refractivity contribution in [1.82, 2.24) is 0 Å². The Kier molecular flexibility index (Phi) is 4.75. The second-order valence-electron chi connectivity index (χ2n) is 3.67. The maximum absolute atomic E-state index is 10.9. The van der Waals surface area contributed by atoms with Gasteiger partial charge in [-0.15, -0.1) is 0 Å². The van der Waals surface area contributed by atoms with E-state index in [9.17, 15) is 10.1 Å². The molecule has 0 saturated carbocycles. The van der Waals surface area contributed by atoms with E-state index in [1.165, 1.54) is 13.2 Å². The quantitative estimate of drug-likeness (QED) is 0.565. The minimum absolute atomic E-state index is 0.0135. The van der Waals surface area contributed by atoms with Crippen LogP contribution >= 0.6 is 0 Å². The first kappa shape index (κ1) is 13.3. The van der Waals surface area contributed by atoms with E-state index in [2.05, 4.69) is 11.8 Å². The van der Waals surface area contributed by atoms with E-state index < -0.39 is 4.92 Å². The number of anilines is 1. The summed E-state index contributed by atoms with van der Waals surface area (Å²) < 4.78 is 5.18. The molecule has 17 heavy (non-hydrogen) atoms. The van der Waals surface area contributed by atoms with Gasteiger partial charge in [0.05, 0.1) is 17.7 Å². The van der Waals surface area contributed by atoms with E-state index in [-0.39, 0.29) is 5.69 Å². The first-order valence-corrected chi connectivity index (χ1v) is 5.72. The zero-order chi connectivity index (χ0) is 12.8. The number of nitro benzene ring substituents is 1. The van der Waals surface area contributed by atoms with Crippen LogP contribution in [0.2, 0.25) is 0 Å². The molecule has 0 fully saturated rings. The van der Waals surface area contributed by atoms with Crippen LogP contribution in [0, 0.1) is 10.1 Å². The predicted octanol–water partition coefficient (Wildman–Crippen LogP) is 2.84. The van der Waals surface area contributed by atoms with Crippen molar-refractivity contribution in [3.8, 4) is 5.75 Å². The smallest absolute Gasteiger partial charge is 0.313 e. The largest absolute Gasteiger partial charge is 0.489 e. The van der Waals surface area contributed by atoms with E-state index in [0.29, 0.717) is 5.75 Å². The van der Waals surface area contributed by atoms with Crippen LogP contribution in [-0.4, -0.2) is 25.1 Å². The van der Waals surface area contributed by atoms with Crippen LogP contribution in [0.25, 0.3) is 0 Å². The number of nitrogens with zero attached hydrogens (tertiary/aromatic N) is 2. The summed E-state index contributed by atoms with van der Waals surface area (Å²) in [7, 11) is 1.46. The van der Waals surface area contributed by atoms with Crippen molar-refractivity contribution in [1.29, 1.82) is 0 Å². The van der Waals surface area contributed by atoms with Gasteiger partial charge in [-0.05, 0) is 19.4 Å². The van der Waals surface area contributed by atoms with Crippen molar-refractivity contribution in [3.63, 3.8) is 0 Å². The van der Waals surface area contributed by atoms with Crippen molar-refractivity contribution >= 4 is 11.4 Å². The van der Waals surface area contributed by atoms with Gasteiger partial charge in [-0.1, -0.05) is 13.0 Å². The molecule has 0 radical (unpaired) electrons. The maximum Gasteiger partial charge on any atom is 0.313 e. The molecule has 0 amide bonds. The normalized spacial score (nSPS) is 10.1. The molecule has 94 valence electrons. The Morgan fingerprint density at radius 1 is 1.41 bits per heavy atom. The van der Waals surface area contributed by atoms with Gasteiger partial charge in [-0.2, -0.15) is 0 Å². The highest BCUT2D eigenvalue weighted by atomic mass is 16.6. The molecule has 0 aliphatic carbocycles. The van der Waals surface area contributed by atoms with Crippen molar-refractivity contribution in [2.75, 3.05) is 25.1 Å². The lowest BCUT2D eigenvalue weighted by molar-refractivity contribution is -0.385. The zero-order valence-corrected chi connectivity index (χ0v) is 10.5. The van der Waals surface area contributed by atoms with Gasteiger partial charge in [0.25, 0.3) is 0 Å². The summed E-state index contributed by atoms with van der Waals surface area (Å²) in [5, 5.41) is 10.9. The Hall–Kier alpha value is -1.78. The van der Waals surface area contributed by atoms with Gasteiger partial charge < -0.3 is 9.64 Å². The zero-order valence-electron chi connectivity index (χ0n) is 10.5. The molecule has 1 aromatic carbocycles. The lowest BCUT2D eigenvalue weighted by atomic mass is 10.2. The minimum Gasteiger partial charge on any atom is -0.489 e. The van der Waals surface area contributed by atoms with E-state index >= 15 is 0 Å². The Labute approximate surface area is 101 Å². The van der Waals surface area contributed by atoms with Gasteiger partial charge in [0.1, 0.15) is 0 Å². The molecular weight excluding hydrogens is 220 g/mol. The molecule has 0 heterocycles. The molecule has 1 aromatic rings. The number of hydrogen-bond donors (Lipinski definition) is 0. The second kappa shape index (κ2) is 6.08. The number of para-hydroxylation sites is 1. The highest BCUT2D eigenvalue weighted by molar-refractivity contribution is 5.67. The van der Waals surface area contributed by atoms with Gasteiger partial charge >= 0.3 is 5.69 Å². The van der Waals surface area contributed by atoms with Crippen LogP contribution in [0.1, 0.15) is 20.3 Å². The topological polar surface area (TPSA) is 55.6 Å². The number of methoxy groups -OCH3 is 1. The molecule has 0 aromatic heterocycles. The summed E-state index contributed by atoms with van der Waals surface area (Å²) in [5.74, 6) is 0.341. The molecule has 0 aliphatic heterocycles. The fourth-order valence-electron chi connectivity index (χ4n) is 1.83. The summed E-state index contributed by atoms with van der Waals surface area (Å²) in [6.07, 6.45) is 0.986. The second-order valence-corrected chi connectivity index (χ2v) is 3.67. The predicted molar refractivity (Wildman–Crippen MR) is 67.8 cm³/mol. The van der Waals surface area contributed by atoms with Crippen LogP contribution in [0.4, 0.5) is 11.4 Å². The first-order valence-electron chi connectivity index (χ1n) is 5.72. The number of ether oxygens (including phenoxy) is 1. The molecule has 1 rings (SSSR count). The van der Waals surface area contributed by atoms with Gasteiger partial charge in [-0.25, -0.2) is 0 Å². The molecule has 0 aliphatic rings. The van der Waals surface area contributed by atoms with Crippen molar-refractivity contribution < 1.29 is 9.66 Å². The van der Waals surface area contributed by atoms with Crippen LogP contribution < -0.4 is 9.64 Å². The molecule has 0 atom stereocenters. The van der Waals surface area contributed by atoms with Crippen molar-refractivity contribution in [2.24, 2.45) is 0 Å². The van der Waals surface area contributed by atoms with Gasteiger partial charge in [0.15, 0.2) is 0 Å². The lowest BCUT2D eigenvalue weighted by Gasteiger charge is -2.24. The molecular formula is C12H18N2O3. The third-order valence-corrected chi connectivity index (χ3v) is 2.59. The highest BCUT2D eigenvalue weighted by Crippen LogP contribution is 2.36. The van der Waals surface area contributed by atoms with E-state index in [0.717, 1.165) is 25.2 Å². The maximum atomic E-state index is 10.9. The van der Waals surface area contributed by atoms with Gasteiger partial charge in [-0.3, -0.25) is 10.1 Å². The van der Waals surface area contributed by atoms with Crippen LogP contribution in [0.5, 0.6) is 5.75 Å². The monoisotopic (exact) mass is 238 g/mol. The summed E-state index contributed by atoms with van der Waals surface area (Å²) >= 11 is 0. The Morgan fingerprint density at radius 3 is 2.59 bits per heavy atom. The van der Waals surface area contributed by atoms with Gasteiger partial charge in [0, 0.05) is 19.2 Å². The van der Waals surface area contributed by atoms with Crippen LogP contribution in [0.3, 0.4) is 0 Å². The summed E-state index contributed by atoms with van der Waals surface area (Å²) in [6.45, 7) is 5.75. The first-order chi connectivity index (χ1) is 8.15. The standard InChI is InChI=1S/C12H18N2O3/c1-4-9-13(5-2)10-7-6-8-11(14(15)16)12(10)17-3/h6-8H,4-5,9H2,1-3H3. The average molecular weight is 238 g/mol. The molecule has 0 unspecified atom stereocenters. The fourth-order valence-corrected chi connectivity index (χ4v) is 1.83. The number of rotatable bonds is 6. The van der Waals surface area contributed by atoms with Crippen LogP contribution in [0.15, 0.2) is 18.2 Å². The molecule has 0 saturated heterocycles. The Balaban J connectivity index is 3.22. The van der Waals surface area contributed by atoms with E-state index in [4.69, 9.17) is 4.74 Å². The third-order valence-electron chi connectivity index (χ3n) is 2.59. The molecule has 5 nitrogen and oxygen atoms in total. The summed E-state index contributed by atoms with van der Waals surface area (Å²) in [5.41, 5.74) is 0.797. The average Bonchev–Trinajstić information content (AvgIpc) is 2.34. The van der Waals surface area contributed by atoms with Gasteiger partial charge in [0.2, 0.25) is 5.75 Å². The fraction of sp³-hybridized carbons (Fsp3) is 0.500. The molecule has 0 spiro atoms. The highest BCUT2D eigenvalue weighted by Gasteiger charge is 2.20.